The lowest BCUT2D eigenvalue weighted by Crippen LogP contribution is -2.28. The topological polar surface area (TPSA) is 141 Å². The number of nitrogens with one attached hydrogen (secondary N) is 4. The Morgan fingerprint density at radius 1 is 0.667 bits per heavy atom. The molecule has 0 fully saturated rings. The molecule has 0 spiro atoms. The Kier molecular flexibility index (Phi) is 3.72. The number of aromatic amines is 4. The normalized spacial score (nSPS) is 11.1. The monoisotopic (exact) mass is 332 g/mol. The Bertz CT molecular complexity index is 979. The van der Waals surface area contributed by atoms with Gasteiger partial charge in [-0.3, -0.25) is 0 Å². The Labute approximate surface area is 133 Å². The number of benzene rings is 1. The van der Waals surface area contributed by atoms with Crippen molar-refractivity contribution in [1.29, 1.82) is 0 Å². The minimum atomic E-state index is -0.528. The molecule has 0 unspecified atom stereocenters. The summed E-state index contributed by atoms with van der Waals surface area (Å²) in [4.78, 5) is 46.5. The zero-order valence-electron chi connectivity index (χ0n) is 13.1. The van der Waals surface area contributed by atoms with Gasteiger partial charge in [-0.2, -0.15) is 0 Å². The van der Waals surface area contributed by atoms with Crippen LogP contribution in [0.3, 0.4) is 0 Å². The lowest BCUT2D eigenvalue weighted by atomic mass is 9.99. The van der Waals surface area contributed by atoms with Crippen LogP contribution >= 0.6 is 0 Å². The smallest absolute Gasteiger partial charge is 0.247 e. The largest absolute Gasteiger partial charge is 0.344 e. The molecule has 2 aromatic heterocycles. The summed E-state index contributed by atoms with van der Waals surface area (Å²) in [7, 11) is 0. The van der Waals surface area contributed by atoms with Gasteiger partial charge in [0, 0.05) is 0 Å². The van der Waals surface area contributed by atoms with Gasteiger partial charge in [0.05, 0.1) is 13.1 Å². The first kappa shape index (κ1) is 15.6. The molecule has 0 saturated heterocycles. The summed E-state index contributed by atoms with van der Waals surface area (Å²) in [6, 6.07) is 3.69. The van der Waals surface area contributed by atoms with Crippen molar-refractivity contribution in [2.45, 2.75) is 26.9 Å². The third-order valence-electron chi connectivity index (χ3n) is 3.98. The maximum Gasteiger partial charge on any atom is 0.344 e. The predicted molar refractivity (Wildman–Crippen MR) is 85.5 cm³/mol. The first-order chi connectivity index (χ1) is 11.4. The zero-order valence-corrected chi connectivity index (χ0v) is 13.1. The van der Waals surface area contributed by atoms with Gasteiger partial charge in [-0.1, -0.05) is 12.1 Å². The fraction of sp³-hybridized carbons (Fsp3) is 0.286. The van der Waals surface area contributed by atoms with Crippen LogP contribution in [0.2, 0.25) is 0 Å². The summed E-state index contributed by atoms with van der Waals surface area (Å²) in [5.41, 5.74) is 1.20. The van der Waals surface area contributed by atoms with Crippen molar-refractivity contribution in [3.8, 4) is 0 Å². The highest BCUT2D eigenvalue weighted by Gasteiger charge is 2.11. The van der Waals surface area contributed by atoms with Gasteiger partial charge >= 0.3 is 22.8 Å². The molecule has 0 radical (unpaired) electrons. The molecule has 3 rings (SSSR count). The van der Waals surface area contributed by atoms with Gasteiger partial charge in [-0.15, -0.1) is 0 Å². The maximum atomic E-state index is 11.6. The lowest BCUT2D eigenvalue weighted by Gasteiger charge is -2.12. The molecular formula is C14H16N6O4. The highest BCUT2D eigenvalue weighted by Crippen LogP contribution is 2.17. The first-order valence-electron chi connectivity index (χ1n) is 7.21. The molecule has 0 saturated carbocycles. The van der Waals surface area contributed by atoms with E-state index in [1.165, 1.54) is 0 Å². The van der Waals surface area contributed by atoms with E-state index in [0.29, 0.717) is 0 Å². The van der Waals surface area contributed by atoms with Gasteiger partial charge in [0.25, 0.3) is 0 Å². The van der Waals surface area contributed by atoms with Crippen molar-refractivity contribution in [3.63, 3.8) is 0 Å². The molecule has 0 aliphatic rings. The molecule has 0 bridgehead atoms. The van der Waals surface area contributed by atoms with Crippen molar-refractivity contribution in [2.24, 2.45) is 0 Å². The van der Waals surface area contributed by atoms with E-state index in [-0.39, 0.29) is 13.1 Å². The molecule has 0 amide bonds. The molecule has 2 heterocycles. The molecule has 24 heavy (non-hydrogen) atoms. The number of nitrogens with zero attached hydrogens (tertiary/aromatic N) is 2. The van der Waals surface area contributed by atoms with Crippen molar-refractivity contribution < 1.29 is 0 Å². The van der Waals surface area contributed by atoms with Gasteiger partial charge in [-0.25, -0.2) is 48.7 Å². The minimum Gasteiger partial charge on any atom is -0.247 e. The number of hydrogen-bond donors (Lipinski definition) is 4. The minimum absolute atomic E-state index is 0.0924. The van der Waals surface area contributed by atoms with Crippen LogP contribution in [-0.4, -0.2) is 29.5 Å². The Hall–Kier alpha value is -3.30. The highest BCUT2D eigenvalue weighted by atomic mass is 16.2. The predicted octanol–water partition coefficient (Wildman–Crippen LogP) is -1.24. The third kappa shape index (κ3) is 2.69. The summed E-state index contributed by atoms with van der Waals surface area (Å²) in [5.74, 6) is 0. The van der Waals surface area contributed by atoms with Crippen LogP contribution in [0.25, 0.3) is 0 Å². The summed E-state index contributed by atoms with van der Waals surface area (Å²) in [6.45, 7) is 3.92. The van der Waals surface area contributed by atoms with Gasteiger partial charge in [-0.05, 0) is 36.1 Å². The number of hydrogen-bond acceptors (Lipinski definition) is 4. The van der Waals surface area contributed by atoms with Crippen LogP contribution in [0.4, 0.5) is 0 Å². The van der Waals surface area contributed by atoms with E-state index >= 15 is 0 Å². The first-order valence-corrected chi connectivity index (χ1v) is 7.21. The average molecular weight is 332 g/mol. The Morgan fingerprint density at radius 3 is 1.33 bits per heavy atom. The molecule has 3 aromatic rings. The van der Waals surface area contributed by atoms with Gasteiger partial charge < -0.3 is 0 Å². The summed E-state index contributed by atoms with van der Waals surface area (Å²) < 4.78 is 2.08. The van der Waals surface area contributed by atoms with Crippen LogP contribution in [-0.2, 0) is 13.1 Å². The Morgan fingerprint density at radius 2 is 1.00 bits per heavy atom. The van der Waals surface area contributed by atoms with Crippen molar-refractivity contribution in [1.82, 2.24) is 29.5 Å². The fourth-order valence-corrected chi connectivity index (χ4v) is 2.58. The summed E-state index contributed by atoms with van der Waals surface area (Å²) >= 11 is 0. The van der Waals surface area contributed by atoms with Gasteiger partial charge in [0.1, 0.15) is 0 Å². The number of aryl methyl sites for hydroxylation is 2. The lowest BCUT2D eigenvalue weighted by molar-refractivity contribution is 0.713. The summed E-state index contributed by atoms with van der Waals surface area (Å²) in [5, 5.41) is 8.92. The van der Waals surface area contributed by atoms with E-state index in [2.05, 4.69) is 20.4 Å². The summed E-state index contributed by atoms with van der Waals surface area (Å²) in [6.07, 6.45) is 0. The van der Waals surface area contributed by atoms with E-state index in [0.717, 1.165) is 31.4 Å². The molecule has 126 valence electrons. The van der Waals surface area contributed by atoms with Crippen molar-refractivity contribution in [2.75, 3.05) is 0 Å². The standard InChI is InChI=1S/C14H16N6O4/c1-7-3-8(2)10(6-20-13(23)17-18-14(20)24)4-9(7)5-19-11(21)15-16-12(19)22/h3-4H,5-6H2,1-2H3,(H,15,21)(H,16,22)(H,17,23)(H,18,24). The third-order valence-corrected chi connectivity index (χ3v) is 3.98. The van der Waals surface area contributed by atoms with E-state index in [9.17, 15) is 19.2 Å². The van der Waals surface area contributed by atoms with Gasteiger partial charge in [0.2, 0.25) is 0 Å². The van der Waals surface area contributed by atoms with Gasteiger partial charge in [0.15, 0.2) is 0 Å². The zero-order chi connectivity index (χ0) is 17.4. The molecule has 1 aromatic carbocycles. The van der Waals surface area contributed by atoms with Crippen molar-refractivity contribution >= 4 is 0 Å². The second-order valence-corrected chi connectivity index (χ2v) is 5.60. The number of rotatable bonds is 4. The average Bonchev–Trinajstić information content (AvgIpc) is 3.01. The molecule has 0 atom stereocenters. The number of aromatic nitrogens is 6. The highest BCUT2D eigenvalue weighted by molar-refractivity contribution is 5.37. The SMILES string of the molecule is Cc1cc(C)c(Cn2c(=O)[nH][nH]c2=O)cc1Cn1c(=O)[nH][nH]c1=O. The molecule has 0 aliphatic carbocycles. The second-order valence-electron chi connectivity index (χ2n) is 5.60. The van der Waals surface area contributed by atoms with E-state index in [4.69, 9.17) is 0 Å². The maximum absolute atomic E-state index is 11.6. The molecule has 4 N–H and O–H groups in total. The Balaban J connectivity index is 2.03. The molecule has 10 nitrogen and oxygen atoms in total. The van der Waals surface area contributed by atoms with E-state index < -0.39 is 22.8 Å². The van der Waals surface area contributed by atoms with E-state index in [1.807, 2.05) is 19.9 Å². The van der Waals surface area contributed by atoms with Crippen LogP contribution in [0.5, 0.6) is 0 Å². The van der Waals surface area contributed by atoms with E-state index in [1.54, 1.807) is 6.07 Å². The second kappa shape index (κ2) is 5.72. The van der Waals surface area contributed by atoms with Crippen molar-refractivity contribution in [3.05, 3.63) is 76.3 Å². The molecular weight excluding hydrogens is 316 g/mol. The van der Waals surface area contributed by atoms with Crippen LogP contribution < -0.4 is 22.8 Å². The van der Waals surface area contributed by atoms with Crippen LogP contribution in [0, 0.1) is 13.8 Å². The van der Waals surface area contributed by atoms with Crippen LogP contribution in [0.15, 0.2) is 31.3 Å². The number of H-pyrrole nitrogens is 4. The quantitative estimate of drug-likeness (QED) is 0.474. The molecule has 0 aliphatic heterocycles. The van der Waals surface area contributed by atoms with Crippen LogP contribution in [0.1, 0.15) is 22.3 Å². The molecule has 10 heteroatoms. The fourth-order valence-electron chi connectivity index (χ4n) is 2.58.